The van der Waals surface area contributed by atoms with E-state index in [1.165, 1.54) is 16.7 Å². The number of hydrogen-bond acceptors (Lipinski definition) is 3. The molecular weight excluding hydrogens is 296 g/mol. The molecule has 2 aromatic carbocycles. The summed E-state index contributed by atoms with van der Waals surface area (Å²) in [4.78, 5) is 4.34. The number of nitrogens with zero attached hydrogens (tertiary/aromatic N) is 1. The van der Waals surface area contributed by atoms with E-state index in [2.05, 4.69) is 41.5 Å². The fourth-order valence-electron chi connectivity index (χ4n) is 2.60. The van der Waals surface area contributed by atoms with Crippen LogP contribution in [0.15, 0.2) is 66.9 Å². The molecule has 1 N–H and O–H groups in total. The van der Waals surface area contributed by atoms with E-state index in [4.69, 9.17) is 4.74 Å². The minimum Gasteiger partial charge on any atom is -0.489 e. The van der Waals surface area contributed by atoms with Crippen LogP contribution >= 0.6 is 0 Å². The highest BCUT2D eigenvalue weighted by molar-refractivity contribution is 5.53. The molecule has 0 saturated heterocycles. The first kappa shape index (κ1) is 16.1. The van der Waals surface area contributed by atoms with Gasteiger partial charge < -0.3 is 10.1 Å². The van der Waals surface area contributed by atoms with E-state index in [9.17, 15) is 0 Å². The summed E-state index contributed by atoms with van der Waals surface area (Å²) < 4.78 is 5.82. The summed E-state index contributed by atoms with van der Waals surface area (Å²) in [5.41, 5.74) is 5.74. The third-order valence-corrected chi connectivity index (χ3v) is 3.99. The number of aromatic nitrogens is 1. The Morgan fingerprint density at radius 3 is 2.33 bits per heavy atom. The fraction of sp³-hybridized carbons (Fsp3) is 0.190. The largest absolute Gasteiger partial charge is 0.489 e. The van der Waals surface area contributed by atoms with Gasteiger partial charge in [0.15, 0.2) is 0 Å². The Hall–Kier alpha value is -2.81. The van der Waals surface area contributed by atoms with Crippen LogP contribution in [-0.4, -0.2) is 4.98 Å². The lowest BCUT2D eigenvalue weighted by molar-refractivity contribution is 0.306. The van der Waals surface area contributed by atoms with Gasteiger partial charge in [0.05, 0.1) is 11.4 Å². The molecule has 0 radical (unpaired) electrons. The molecule has 0 bridgehead atoms. The summed E-state index contributed by atoms with van der Waals surface area (Å²) in [6.45, 7) is 5.48. The van der Waals surface area contributed by atoms with Crippen LogP contribution in [0.3, 0.4) is 0 Å². The van der Waals surface area contributed by atoms with Gasteiger partial charge >= 0.3 is 0 Å². The summed E-state index contributed by atoms with van der Waals surface area (Å²) in [5, 5.41) is 3.47. The van der Waals surface area contributed by atoms with E-state index >= 15 is 0 Å². The van der Waals surface area contributed by atoms with Gasteiger partial charge in [-0.2, -0.15) is 0 Å². The quantitative estimate of drug-likeness (QED) is 0.702. The second-order valence-electron chi connectivity index (χ2n) is 5.86. The number of rotatable bonds is 6. The van der Waals surface area contributed by atoms with Crippen molar-refractivity contribution in [2.45, 2.75) is 27.0 Å². The van der Waals surface area contributed by atoms with Gasteiger partial charge in [0.25, 0.3) is 0 Å². The molecule has 0 saturated carbocycles. The van der Waals surface area contributed by atoms with Crippen molar-refractivity contribution in [2.75, 3.05) is 5.32 Å². The van der Waals surface area contributed by atoms with Crippen molar-refractivity contribution in [1.29, 1.82) is 0 Å². The van der Waals surface area contributed by atoms with Crippen LogP contribution in [0.1, 0.15) is 22.4 Å². The van der Waals surface area contributed by atoms with Gasteiger partial charge in [0.2, 0.25) is 0 Å². The highest BCUT2D eigenvalue weighted by atomic mass is 16.5. The molecule has 0 aliphatic heterocycles. The van der Waals surface area contributed by atoms with Gasteiger partial charge in [-0.25, -0.2) is 0 Å². The molecule has 3 rings (SSSR count). The van der Waals surface area contributed by atoms with Crippen LogP contribution in [0.4, 0.5) is 5.69 Å². The van der Waals surface area contributed by atoms with Crippen LogP contribution in [0.5, 0.6) is 5.75 Å². The molecule has 1 heterocycles. The van der Waals surface area contributed by atoms with E-state index < -0.39 is 0 Å². The Balaban J connectivity index is 1.57. The van der Waals surface area contributed by atoms with Gasteiger partial charge in [-0.05, 0) is 48.7 Å². The van der Waals surface area contributed by atoms with E-state index in [-0.39, 0.29) is 0 Å². The molecule has 0 fully saturated rings. The number of nitrogens with one attached hydrogen (secondary N) is 1. The van der Waals surface area contributed by atoms with Crippen molar-refractivity contribution >= 4 is 5.69 Å². The van der Waals surface area contributed by atoms with E-state index in [1.807, 2.05) is 49.5 Å². The lowest BCUT2D eigenvalue weighted by Gasteiger charge is -2.12. The van der Waals surface area contributed by atoms with E-state index in [0.29, 0.717) is 6.61 Å². The monoisotopic (exact) mass is 318 g/mol. The van der Waals surface area contributed by atoms with E-state index in [0.717, 1.165) is 23.7 Å². The van der Waals surface area contributed by atoms with Gasteiger partial charge in [0.1, 0.15) is 12.4 Å². The van der Waals surface area contributed by atoms with E-state index in [1.54, 1.807) is 0 Å². The zero-order valence-corrected chi connectivity index (χ0v) is 14.1. The molecule has 24 heavy (non-hydrogen) atoms. The minimum atomic E-state index is 0.590. The fourth-order valence-corrected chi connectivity index (χ4v) is 2.60. The Morgan fingerprint density at radius 1 is 0.875 bits per heavy atom. The standard InChI is InChI=1S/C21H22N2O/c1-16-12-13-22-17(2)21(16)23-14-18-8-10-20(11-9-18)24-15-19-6-4-3-5-7-19/h3-13,23H,14-15H2,1-2H3. The number of pyridine rings is 1. The van der Waals surface area contributed by atoms with Crippen molar-refractivity contribution < 1.29 is 4.74 Å². The number of aryl methyl sites for hydroxylation is 2. The second kappa shape index (κ2) is 7.64. The lowest BCUT2D eigenvalue weighted by Crippen LogP contribution is -2.04. The Morgan fingerprint density at radius 2 is 1.62 bits per heavy atom. The van der Waals surface area contributed by atoms with Crippen LogP contribution < -0.4 is 10.1 Å². The predicted molar refractivity (Wildman–Crippen MR) is 98.3 cm³/mol. The summed E-state index contributed by atoms with van der Waals surface area (Å²) >= 11 is 0. The topological polar surface area (TPSA) is 34.2 Å². The lowest BCUT2D eigenvalue weighted by atomic mass is 10.1. The molecule has 1 aromatic heterocycles. The minimum absolute atomic E-state index is 0.590. The molecule has 0 spiro atoms. The molecule has 0 amide bonds. The van der Waals surface area contributed by atoms with Crippen molar-refractivity contribution in [3.8, 4) is 5.75 Å². The SMILES string of the molecule is Cc1ccnc(C)c1NCc1ccc(OCc2ccccc2)cc1. The Kier molecular flexibility index (Phi) is 5.12. The third kappa shape index (κ3) is 4.13. The average molecular weight is 318 g/mol. The first-order valence-corrected chi connectivity index (χ1v) is 8.14. The zero-order valence-electron chi connectivity index (χ0n) is 14.1. The first-order valence-electron chi connectivity index (χ1n) is 8.14. The van der Waals surface area contributed by atoms with Gasteiger partial charge in [-0.3, -0.25) is 4.98 Å². The molecule has 122 valence electrons. The molecule has 3 heteroatoms. The Bertz CT molecular complexity index is 762. The highest BCUT2D eigenvalue weighted by Gasteiger charge is 2.03. The molecule has 0 aliphatic carbocycles. The first-order chi connectivity index (χ1) is 11.7. The summed E-state index contributed by atoms with van der Waals surface area (Å²) in [5.74, 6) is 0.886. The summed E-state index contributed by atoms with van der Waals surface area (Å²) in [7, 11) is 0. The van der Waals surface area contributed by atoms with Crippen molar-refractivity contribution in [3.63, 3.8) is 0 Å². The molecule has 0 unspecified atom stereocenters. The number of hydrogen-bond donors (Lipinski definition) is 1. The third-order valence-electron chi connectivity index (χ3n) is 3.99. The summed E-state index contributed by atoms with van der Waals surface area (Å²) in [6, 6.07) is 20.4. The maximum Gasteiger partial charge on any atom is 0.119 e. The normalized spacial score (nSPS) is 10.4. The van der Waals surface area contributed by atoms with Crippen molar-refractivity contribution in [3.05, 3.63) is 89.2 Å². The predicted octanol–water partition coefficient (Wildman–Crippen LogP) is 4.89. The smallest absolute Gasteiger partial charge is 0.119 e. The van der Waals surface area contributed by atoms with Gasteiger partial charge in [-0.1, -0.05) is 42.5 Å². The van der Waals surface area contributed by atoms with Gasteiger partial charge in [-0.15, -0.1) is 0 Å². The number of benzene rings is 2. The zero-order chi connectivity index (χ0) is 16.8. The molecule has 0 atom stereocenters. The molecule has 3 aromatic rings. The average Bonchev–Trinajstić information content (AvgIpc) is 2.61. The second-order valence-corrected chi connectivity index (χ2v) is 5.86. The van der Waals surface area contributed by atoms with Crippen LogP contribution in [0.25, 0.3) is 0 Å². The summed E-state index contributed by atoms with van der Waals surface area (Å²) in [6.07, 6.45) is 1.84. The van der Waals surface area contributed by atoms with Crippen molar-refractivity contribution in [1.82, 2.24) is 4.98 Å². The van der Waals surface area contributed by atoms with Crippen molar-refractivity contribution in [2.24, 2.45) is 0 Å². The maximum absolute atomic E-state index is 5.82. The Labute approximate surface area is 143 Å². The highest BCUT2D eigenvalue weighted by Crippen LogP contribution is 2.19. The van der Waals surface area contributed by atoms with Crippen LogP contribution in [0.2, 0.25) is 0 Å². The van der Waals surface area contributed by atoms with Crippen LogP contribution in [-0.2, 0) is 13.2 Å². The molecule has 3 nitrogen and oxygen atoms in total. The molecular formula is C21H22N2O. The molecule has 0 aliphatic rings. The van der Waals surface area contributed by atoms with Crippen LogP contribution in [0, 0.1) is 13.8 Å². The number of ether oxygens (including phenoxy) is 1. The maximum atomic E-state index is 5.82. The number of anilines is 1. The van der Waals surface area contributed by atoms with Gasteiger partial charge in [0, 0.05) is 12.7 Å².